The summed E-state index contributed by atoms with van der Waals surface area (Å²) in [5.41, 5.74) is 2.72. The van der Waals surface area contributed by atoms with Crippen molar-refractivity contribution in [3.8, 4) is 11.5 Å². The summed E-state index contributed by atoms with van der Waals surface area (Å²) in [4.78, 5) is 12.3. The fourth-order valence-electron chi connectivity index (χ4n) is 3.35. The van der Waals surface area contributed by atoms with Gasteiger partial charge < -0.3 is 9.47 Å². The molecule has 0 bridgehead atoms. The minimum absolute atomic E-state index is 0.201. The van der Waals surface area contributed by atoms with Crippen LogP contribution in [0.4, 0.5) is 5.69 Å². The van der Waals surface area contributed by atoms with E-state index in [1.165, 1.54) is 11.9 Å². The molecule has 1 heterocycles. The number of ether oxygens (including phenoxy) is 2. The van der Waals surface area contributed by atoms with Crippen molar-refractivity contribution in [3.63, 3.8) is 0 Å². The standard InChI is InChI=1S/C20H23N3O5S/c1-13(24)23-17(20-18(27-2)6-5-7-19(20)28-3)12-16(21-23)14-8-10-15(11-9-14)22-29(4,25)26/h5-11,17,22H,12H2,1-4H3. The number of hydrogen-bond donors (Lipinski definition) is 1. The third-order valence-electron chi connectivity index (χ3n) is 4.55. The Morgan fingerprint density at radius 2 is 1.69 bits per heavy atom. The van der Waals surface area contributed by atoms with Crippen LogP contribution in [0, 0.1) is 0 Å². The maximum Gasteiger partial charge on any atom is 0.240 e. The van der Waals surface area contributed by atoms with Crippen molar-refractivity contribution in [3.05, 3.63) is 53.6 Å². The van der Waals surface area contributed by atoms with E-state index in [4.69, 9.17) is 9.47 Å². The predicted octanol–water partition coefficient (Wildman–Crippen LogP) is 2.77. The van der Waals surface area contributed by atoms with Crippen LogP contribution < -0.4 is 14.2 Å². The highest BCUT2D eigenvalue weighted by Crippen LogP contribution is 2.42. The topological polar surface area (TPSA) is 97.3 Å². The van der Waals surface area contributed by atoms with Crippen LogP contribution in [0.3, 0.4) is 0 Å². The molecule has 1 aliphatic heterocycles. The van der Waals surface area contributed by atoms with Crippen LogP contribution in [-0.2, 0) is 14.8 Å². The van der Waals surface area contributed by atoms with E-state index in [1.807, 2.05) is 18.2 Å². The van der Waals surface area contributed by atoms with Gasteiger partial charge in [0.25, 0.3) is 0 Å². The Kier molecular flexibility index (Phi) is 5.78. The van der Waals surface area contributed by atoms with Crippen LogP contribution in [0.2, 0.25) is 0 Å². The number of anilines is 1. The van der Waals surface area contributed by atoms with Crippen molar-refractivity contribution in [2.75, 3.05) is 25.2 Å². The van der Waals surface area contributed by atoms with Gasteiger partial charge in [-0.3, -0.25) is 9.52 Å². The predicted molar refractivity (Wildman–Crippen MR) is 111 cm³/mol. The normalized spacial score (nSPS) is 16.3. The van der Waals surface area contributed by atoms with Gasteiger partial charge >= 0.3 is 0 Å². The first-order chi connectivity index (χ1) is 13.7. The van der Waals surface area contributed by atoms with Gasteiger partial charge in [0.15, 0.2) is 0 Å². The van der Waals surface area contributed by atoms with E-state index in [0.717, 1.165) is 17.4 Å². The monoisotopic (exact) mass is 417 g/mol. The highest BCUT2D eigenvalue weighted by atomic mass is 32.2. The summed E-state index contributed by atoms with van der Waals surface area (Å²) in [5.74, 6) is 1.03. The summed E-state index contributed by atoms with van der Waals surface area (Å²) in [6.07, 6.45) is 1.56. The van der Waals surface area contributed by atoms with Gasteiger partial charge in [-0.2, -0.15) is 5.10 Å². The summed E-state index contributed by atoms with van der Waals surface area (Å²) in [6.45, 7) is 1.46. The van der Waals surface area contributed by atoms with E-state index in [-0.39, 0.29) is 11.9 Å². The zero-order chi connectivity index (χ0) is 21.2. The quantitative estimate of drug-likeness (QED) is 0.779. The molecule has 1 atom stereocenters. The molecule has 0 fully saturated rings. The largest absolute Gasteiger partial charge is 0.496 e. The summed E-state index contributed by atoms with van der Waals surface area (Å²) < 4.78 is 36.2. The lowest BCUT2D eigenvalue weighted by atomic mass is 9.96. The van der Waals surface area contributed by atoms with E-state index in [0.29, 0.717) is 29.3 Å². The Morgan fingerprint density at radius 3 is 2.17 bits per heavy atom. The van der Waals surface area contributed by atoms with Crippen LogP contribution in [0.25, 0.3) is 0 Å². The Balaban J connectivity index is 1.95. The molecule has 1 N–H and O–H groups in total. The lowest BCUT2D eigenvalue weighted by Crippen LogP contribution is -2.25. The van der Waals surface area contributed by atoms with Crippen molar-refractivity contribution in [2.24, 2.45) is 5.10 Å². The number of benzene rings is 2. The smallest absolute Gasteiger partial charge is 0.240 e. The Hall–Kier alpha value is -3.07. The first-order valence-corrected chi connectivity index (χ1v) is 10.8. The highest BCUT2D eigenvalue weighted by molar-refractivity contribution is 7.92. The molecule has 154 valence electrons. The fourth-order valence-corrected chi connectivity index (χ4v) is 3.92. The number of amides is 1. The number of hydrazone groups is 1. The second-order valence-electron chi connectivity index (χ2n) is 6.66. The van der Waals surface area contributed by atoms with Crippen molar-refractivity contribution in [2.45, 2.75) is 19.4 Å². The SMILES string of the molecule is COc1cccc(OC)c1C1CC(c2ccc(NS(C)(=O)=O)cc2)=NN1C(C)=O. The number of nitrogens with one attached hydrogen (secondary N) is 1. The Bertz CT molecular complexity index is 1030. The van der Waals surface area contributed by atoms with Gasteiger partial charge in [0.05, 0.1) is 37.8 Å². The minimum atomic E-state index is -3.35. The van der Waals surface area contributed by atoms with Crippen molar-refractivity contribution >= 4 is 27.3 Å². The van der Waals surface area contributed by atoms with E-state index in [1.54, 1.807) is 38.5 Å². The van der Waals surface area contributed by atoms with Crippen LogP contribution in [-0.4, -0.2) is 45.5 Å². The molecule has 1 unspecified atom stereocenters. The van der Waals surface area contributed by atoms with Gasteiger partial charge in [-0.1, -0.05) is 18.2 Å². The lowest BCUT2D eigenvalue weighted by molar-refractivity contribution is -0.130. The third kappa shape index (κ3) is 4.51. The van der Waals surface area contributed by atoms with E-state index < -0.39 is 10.0 Å². The summed E-state index contributed by atoms with van der Waals surface area (Å²) in [5, 5.41) is 5.95. The fraction of sp³-hybridized carbons (Fsp3) is 0.300. The first kappa shape index (κ1) is 20.7. The number of carbonyl (C=O) groups is 1. The summed E-state index contributed by atoms with van der Waals surface area (Å²) >= 11 is 0. The van der Waals surface area contributed by atoms with E-state index >= 15 is 0 Å². The van der Waals surface area contributed by atoms with Crippen molar-refractivity contribution in [1.82, 2.24) is 5.01 Å². The van der Waals surface area contributed by atoms with Crippen molar-refractivity contribution < 1.29 is 22.7 Å². The maximum atomic E-state index is 12.3. The Morgan fingerprint density at radius 1 is 1.10 bits per heavy atom. The molecular formula is C20H23N3O5S. The van der Waals surface area contributed by atoms with Gasteiger partial charge in [0.1, 0.15) is 11.5 Å². The summed E-state index contributed by atoms with van der Waals surface area (Å²) in [6, 6.07) is 12.0. The van der Waals surface area contributed by atoms with Crippen LogP contribution >= 0.6 is 0 Å². The van der Waals surface area contributed by atoms with Gasteiger partial charge in [-0.15, -0.1) is 0 Å². The van der Waals surface area contributed by atoms with Gasteiger partial charge in [0, 0.05) is 19.0 Å². The average molecular weight is 417 g/mol. The molecule has 0 aliphatic carbocycles. The van der Waals surface area contributed by atoms with Crippen molar-refractivity contribution in [1.29, 1.82) is 0 Å². The maximum absolute atomic E-state index is 12.3. The van der Waals surface area contributed by atoms with Crippen LogP contribution in [0.5, 0.6) is 11.5 Å². The summed E-state index contributed by atoms with van der Waals surface area (Å²) in [7, 11) is -0.210. The molecule has 2 aromatic rings. The zero-order valence-electron chi connectivity index (χ0n) is 16.7. The second-order valence-corrected chi connectivity index (χ2v) is 8.41. The molecule has 9 heteroatoms. The first-order valence-electron chi connectivity index (χ1n) is 8.90. The molecule has 1 aliphatic rings. The van der Waals surface area contributed by atoms with E-state index in [2.05, 4.69) is 9.82 Å². The molecular weight excluding hydrogens is 394 g/mol. The molecule has 1 amide bonds. The number of sulfonamides is 1. The molecule has 0 aromatic heterocycles. The highest BCUT2D eigenvalue weighted by Gasteiger charge is 2.35. The number of rotatable bonds is 6. The lowest BCUT2D eigenvalue weighted by Gasteiger charge is -2.24. The molecule has 2 aromatic carbocycles. The van der Waals surface area contributed by atoms with Gasteiger partial charge in [0.2, 0.25) is 15.9 Å². The van der Waals surface area contributed by atoms with E-state index in [9.17, 15) is 13.2 Å². The van der Waals surface area contributed by atoms with Crippen LogP contribution in [0.1, 0.15) is 30.5 Å². The van der Waals surface area contributed by atoms with Gasteiger partial charge in [-0.25, -0.2) is 13.4 Å². The zero-order valence-corrected chi connectivity index (χ0v) is 17.5. The number of methoxy groups -OCH3 is 2. The molecule has 0 saturated carbocycles. The molecule has 0 spiro atoms. The molecule has 29 heavy (non-hydrogen) atoms. The van der Waals surface area contributed by atoms with Crippen LogP contribution in [0.15, 0.2) is 47.6 Å². The number of carbonyl (C=O) groups excluding carboxylic acids is 1. The third-order valence-corrected chi connectivity index (χ3v) is 5.16. The Labute approximate surface area is 170 Å². The average Bonchev–Trinajstić information content (AvgIpc) is 3.12. The van der Waals surface area contributed by atoms with Gasteiger partial charge in [-0.05, 0) is 29.8 Å². The molecule has 0 radical (unpaired) electrons. The number of nitrogens with zero attached hydrogens (tertiary/aromatic N) is 2. The minimum Gasteiger partial charge on any atom is -0.496 e. The second kappa shape index (κ2) is 8.12. The number of hydrogen-bond acceptors (Lipinski definition) is 6. The molecule has 3 rings (SSSR count). The molecule has 0 saturated heterocycles. The molecule has 8 nitrogen and oxygen atoms in total.